The molecule has 2 aromatic rings. The summed E-state index contributed by atoms with van der Waals surface area (Å²) >= 11 is 1.36. The summed E-state index contributed by atoms with van der Waals surface area (Å²) in [6, 6.07) is 3.67. The highest BCUT2D eigenvalue weighted by atomic mass is 32.1. The minimum Gasteiger partial charge on any atom is -0.395 e. The molecule has 2 rings (SSSR count). The van der Waals surface area contributed by atoms with Crippen molar-refractivity contribution in [1.29, 1.82) is 0 Å². The molecule has 0 bridgehead atoms. The maximum Gasteiger partial charge on any atom is 0.262 e. The van der Waals surface area contributed by atoms with Crippen LogP contribution in [0.5, 0.6) is 0 Å². The molecule has 0 saturated carbocycles. The molecule has 0 unspecified atom stereocenters. The number of thiophene rings is 1. The van der Waals surface area contributed by atoms with Crippen LogP contribution < -0.4 is 5.32 Å². The van der Waals surface area contributed by atoms with Crippen molar-refractivity contribution in [3.8, 4) is 11.8 Å². The van der Waals surface area contributed by atoms with Crippen LogP contribution in [-0.2, 0) is 13.6 Å². The Labute approximate surface area is 121 Å². The smallest absolute Gasteiger partial charge is 0.262 e. The molecule has 0 saturated heterocycles. The van der Waals surface area contributed by atoms with E-state index in [4.69, 9.17) is 5.11 Å². The second-order valence-electron chi connectivity index (χ2n) is 4.07. The molecule has 0 aliphatic carbocycles. The lowest BCUT2D eigenvalue weighted by Crippen LogP contribution is -2.23. The molecule has 104 valence electrons. The van der Waals surface area contributed by atoms with Gasteiger partial charge in [-0.05, 0) is 17.5 Å². The lowest BCUT2D eigenvalue weighted by Gasteiger charge is -2.04. The zero-order chi connectivity index (χ0) is 14.4. The molecule has 2 aromatic heterocycles. The Morgan fingerprint density at radius 2 is 2.40 bits per heavy atom. The molecule has 0 aliphatic heterocycles. The first-order valence-electron chi connectivity index (χ1n) is 6.14. The molecule has 2 N–H and O–H groups in total. The Kier molecular flexibility index (Phi) is 4.93. The molecular weight excluding hydrogens is 274 g/mol. The van der Waals surface area contributed by atoms with E-state index in [2.05, 4.69) is 22.3 Å². The Morgan fingerprint density at radius 1 is 1.55 bits per heavy atom. The van der Waals surface area contributed by atoms with E-state index < -0.39 is 0 Å². The first kappa shape index (κ1) is 14.3. The van der Waals surface area contributed by atoms with E-state index in [1.54, 1.807) is 10.9 Å². The van der Waals surface area contributed by atoms with Crippen molar-refractivity contribution < 1.29 is 9.90 Å². The zero-order valence-electron chi connectivity index (χ0n) is 11.1. The number of rotatable bonds is 4. The summed E-state index contributed by atoms with van der Waals surface area (Å²) < 4.78 is 1.72. The van der Waals surface area contributed by atoms with Gasteiger partial charge >= 0.3 is 0 Å². The highest BCUT2D eigenvalue weighted by Crippen LogP contribution is 2.15. The molecular formula is C14H15N3O2S. The second kappa shape index (κ2) is 6.89. The van der Waals surface area contributed by atoms with E-state index in [1.165, 1.54) is 11.3 Å². The van der Waals surface area contributed by atoms with Crippen LogP contribution in [-0.4, -0.2) is 27.4 Å². The van der Waals surface area contributed by atoms with Gasteiger partial charge in [0.25, 0.3) is 5.91 Å². The van der Waals surface area contributed by atoms with Crippen molar-refractivity contribution in [1.82, 2.24) is 15.1 Å². The van der Waals surface area contributed by atoms with Crippen molar-refractivity contribution in [3.63, 3.8) is 0 Å². The van der Waals surface area contributed by atoms with E-state index in [0.29, 0.717) is 23.4 Å². The standard InChI is InChI=1S/C14H15N3O2S/c1-17-12(5-7-16-17)10-15-14(19)13-11(6-9-20-13)4-2-3-8-18/h5-7,9,18H,3,8,10H2,1H3,(H,15,19). The van der Waals surface area contributed by atoms with Crippen molar-refractivity contribution in [3.05, 3.63) is 39.8 Å². The van der Waals surface area contributed by atoms with Crippen LogP contribution in [0.4, 0.5) is 0 Å². The first-order valence-corrected chi connectivity index (χ1v) is 7.02. The summed E-state index contributed by atoms with van der Waals surface area (Å²) in [6.45, 7) is 0.454. The molecule has 0 fully saturated rings. The zero-order valence-corrected chi connectivity index (χ0v) is 11.9. The molecule has 20 heavy (non-hydrogen) atoms. The van der Waals surface area contributed by atoms with Gasteiger partial charge in [-0.25, -0.2) is 0 Å². The van der Waals surface area contributed by atoms with E-state index in [1.807, 2.05) is 24.6 Å². The van der Waals surface area contributed by atoms with Crippen LogP contribution >= 0.6 is 11.3 Å². The monoisotopic (exact) mass is 289 g/mol. The van der Waals surface area contributed by atoms with Gasteiger partial charge in [0, 0.05) is 25.2 Å². The number of carbonyl (C=O) groups is 1. The van der Waals surface area contributed by atoms with E-state index in [0.717, 1.165) is 5.69 Å². The van der Waals surface area contributed by atoms with Crippen molar-refractivity contribution in [2.24, 2.45) is 7.05 Å². The average Bonchev–Trinajstić information content (AvgIpc) is 3.05. The third-order valence-corrected chi connectivity index (χ3v) is 3.60. The van der Waals surface area contributed by atoms with Crippen LogP contribution in [0.15, 0.2) is 23.7 Å². The minimum atomic E-state index is -0.144. The quantitative estimate of drug-likeness (QED) is 0.830. The summed E-state index contributed by atoms with van der Waals surface area (Å²) in [5.74, 6) is 5.58. The Bertz CT molecular complexity index is 649. The van der Waals surface area contributed by atoms with Gasteiger partial charge in [0.05, 0.1) is 18.8 Å². The maximum absolute atomic E-state index is 12.1. The number of aryl methyl sites for hydroxylation is 1. The molecule has 0 radical (unpaired) electrons. The number of aliphatic hydroxyl groups is 1. The van der Waals surface area contributed by atoms with Crippen LogP contribution in [0, 0.1) is 11.8 Å². The van der Waals surface area contributed by atoms with Crippen LogP contribution in [0.2, 0.25) is 0 Å². The number of nitrogens with zero attached hydrogens (tertiary/aromatic N) is 2. The predicted octanol–water partition coefficient (Wildman–Crippen LogP) is 1.15. The van der Waals surface area contributed by atoms with Crippen LogP contribution in [0.3, 0.4) is 0 Å². The molecule has 0 aromatic carbocycles. The fourth-order valence-electron chi connectivity index (χ4n) is 1.62. The largest absolute Gasteiger partial charge is 0.395 e. The molecule has 5 nitrogen and oxygen atoms in total. The summed E-state index contributed by atoms with van der Waals surface area (Å²) in [5.41, 5.74) is 1.63. The molecule has 6 heteroatoms. The number of amides is 1. The fraction of sp³-hybridized carbons (Fsp3) is 0.286. The number of carbonyl (C=O) groups excluding carboxylic acids is 1. The number of aromatic nitrogens is 2. The van der Waals surface area contributed by atoms with Crippen molar-refractivity contribution in [2.45, 2.75) is 13.0 Å². The van der Waals surface area contributed by atoms with Gasteiger partial charge in [0.2, 0.25) is 0 Å². The van der Waals surface area contributed by atoms with Gasteiger partial charge in [0.15, 0.2) is 0 Å². The van der Waals surface area contributed by atoms with Crippen LogP contribution in [0.1, 0.15) is 27.3 Å². The average molecular weight is 289 g/mol. The van der Waals surface area contributed by atoms with Gasteiger partial charge in [-0.2, -0.15) is 5.10 Å². The minimum absolute atomic E-state index is 0.0269. The fourth-order valence-corrected chi connectivity index (χ4v) is 2.39. The number of hydrogen-bond acceptors (Lipinski definition) is 4. The lowest BCUT2D eigenvalue weighted by atomic mass is 10.2. The van der Waals surface area contributed by atoms with Gasteiger partial charge < -0.3 is 10.4 Å². The SMILES string of the molecule is Cn1nccc1CNC(=O)c1sccc1C#CCCO. The van der Waals surface area contributed by atoms with Gasteiger partial charge in [0.1, 0.15) is 4.88 Å². The van der Waals surface area contributed by atoms with Crippen LogP contribution in [0.25, 0.3) is 0 Å². The summed E-state index contributed by atoms with van der Waals surface area (Å²) in [6.07, 6.45) is 2.10. The molecule has 0 aliphatic rings. The number of aliphatic hydroxyl groups excluding tert-OH is 1. The maximum atomic E-state index is 12.1. The highest BCUT2D eigenvalue weighted by Gasteiger charge is 2.12. The number of hydrogen-bond donors (Lipinski definition) is 2. The third kappa shape index (κ3) is 3.47. The Morgan fingerprint density at radius 3 is 3.10 bits per heavy atom. The molecule has 2 heterocycles. The predicted molar refractivity (Wildman–Crippen MR) is 77.3 cm³/mol. The Balaban J connectivity index is 2.01. The highest BCUT2D eigenvalue weighted by molar-refractivity contribution is 7.12. The third-order valence-electron chi connectivity index (χ3n) is 2.68. The number of nitrogens with one attached hydrogen (secondary N) is 1. The summed E-state index contributed by atoms with van der Waals surface area (Å²) in [7, 11) is 1.83. The van der Waals surface area contributed by atoms with Crippen molar-refractivity contribution >= 4 is 17.2 Å². The lowest BCUT2D eigenvalue weighted by molar-refractivity contribution is 0.0954. The van der Waals surface area contributed by atoms with E-state index in [9.17, 15) is 4.79 Å². The molecule has 0 atom stereocenters. The topological polar surface area (TPSA) is 67.2 Å². The van der Waals surface area contributed by atoms with E-state index >= 15 is 0 Å². The van der Waals surface area contributed by atoms with Gasteiger partial charge in [-0.3, -0.25) is 9.48 Å². The summed E-state index contributed by atoms with van der Waals surface area (Å²) in [5, 5.41) is 17.4. The van der Waals surface area contributed by atoms with E-state index in [-0.39, 0.29) is 12.5 Å². The van der Waals surface area contributed by atoms with Gasteiger partial charge in [-0.1, -0.05) is 11.8 Å². The van der Waals surface area contributed by atoms with Crippen molar-refractivity contribution in [2.75, 3.05) is 6.61 Å². The second-order valence-corrected chi connectivity index (χ2v) is 4.98. The normalized spacial score (nSPS) is 9.90. The summed E-state index contributed by atoms with van der Waals surface area (Å²) in [4.78, 5) is 12.7. The molecule has 0 spiro atoms. The molecule has 1 amide bonds. The first-order chi connectivity index (χ1) is 9.72. The Hall–Kier alpha value is -2.10. The van der Waals surface area contributed by atoms with Gasteiger partial charge in [-0.15, -0.1) is 11.3 Å².